The summed E-state index contributed by atoms with van der Waals surface area (Å²) in [6.07, 6.45) is 2.36. The molecule has 0 saturated heterocycles. The molecule has 1 atom stereocenters. The Balaban J connectivity index is 2.93. The van der Waals surface area contributed by atoms with Gasteiger partial charge in [0.25, 0.3) is 0 Å². The maximum Gasteiger partial charge on any atom is 0.0325 e. The average Bonchev–Trinajstić information content (AvgIpc) is 2.21. The average molecular weight is 247 g/mol. The van der Waals surface area contributed by atoms with Crippen LogP contribution in [0.4, 0.5) is 0 Å². The predicted molar refractivity (Wildman–Crippen MR) is 81.0 cm³/mol. The molecule has 1 N–H and O–H groups in total. The van der Waals surface area contributed by atoms with Crippen molar-refractivity contribution in [1.29, 1.82) is 0 Å². The van der Waals surface area contributed by atoms with Gasteiger partial charge in [-0.15, -0.1) is 0 Å². The van der Waals surface area contributed by atoms with Gasteiger partial charge in [-0.05, 0) is 44.2 Å². The van der Waals surface area contributed by atoms with E-state index in [1.54, 1.807) is 0 Å². The standard InChI is InChI=1S/C17H29N/c1-7-8-18-16(12-17(4,5)6)15-10-13(2)9-14(3)11-15/h9-11,16,18H,7-8,12H2,1-6H3. The van der Waals surface area contributed by atoms with Crippen molar-refractivity contribution < 1.29 is 0 Å². The lowest BCUT2D eigenvalue weighted by molar-refractivity contribution is 0.311. The lowest BCUT2D eigenvalue weighted by Gasteiger charge is -2.28. The van der Waals surface area contributed by atoms with Gasteiger partial charge in [0, 0.05) is 6.04 Å². The molecule has 0 aromatic heterocycles. The Morgan fingerprint density at radius 2 is 1.61 bits per heavy atom. The second kappa shape index (κ2) is 6.38. The second-order valence-corrected chi connectivity index (χ2v) is 6.69. The fourth-order valence-electron chi connectivity index (χ4n) is 2.45. The predicted octanol–water partition coefficient (Wildman–Crippen LogP) is 4.78. The van der Waals surface area contributed by atoms with E-state index in [4.69, 9.17) is 0 Å². The minimum atomic E-state index is 0.350. The lowest BCUT2D eigenvalue weighted by Crippen LogP contribution is -2.26. The van der Waals surface area contributed by atoms with Crippen molar-refractivity contribution in [2.24, 2.45) is 5.41 Å². The molecular weight excluding hydrogens is 218 g/mol. The number of rotatable bonds is 5. The molecule has 0 bridgehead atoms. The monoisotopic (exact) mass is 247 g/mol. The summed E-state index contributed by atoms with van der Waals surface area (Å²) < 4.78 is 0. The fourth-order valence-corrected chi connectivity index (χ4v) is 2.45. The number of hydrogen-bond acceptors (Lipinski definition) is 1. The highest BCUT2D eigenvalue weighted by molar-refractivity contribution is 5.30. The van der Waals surface area contributed by atoms with Gasteiger partial charge in [-0.1, -0.05) is 57.0 Å². The zero-order valence-electron chi connectivity index (χ0n) is 12.9. The van der Waals surface area contributed by atoms with Crippen molar-refractivity contribution >= 4 is 0 Å². The quantitative estimate of drug-likeness (QED) is 0.789. The molecule has 1 heteroatoms. The second-order valence-electron chi connectivity index (χ2n) is 6.69. The van der Waals surface area contributed by atoms with E-state index in [1.165, 1.54) is 29.5 Å². The van der Waals surface area contributed by atoms with Gasteiger partial charge in [-0.2, -0.15) is 0 Å². The van der Waals surface area contributed by atoms with Crippen LogP contribution in [0.15, 0.2) is 18.2 Å². The minimum absolute atomic E-state index is 0.350. The summed E-state index contributed by atoms with van der Waals surface area (Å²) >= 11 is 0. The van der Waals surface area contributed by atoms with Gasteiger partial charge in [-0.25, -0.2) is 0 Å². The van der Waals surface area contributed by atoms with Crippen molar-refractivity contribution in [3.05, 3.63) is 34.9 Å². The highest BCUT2D eigenvalue weighted by atomic mass is 14.9. The SMILES string of the molecule is CCCNC(CC(C)(C)C)c1cc(C)cc(C)c1. The fraction of sp³-hybridized carbons (Fsp3) is 0.647. The number of aryl methyl sites for hydroxylation is 2. The Hall–Kier alpha value is -0.820. The molecule has 0 aliphatic rings. The summed E-state index contributed by atoms with van der Waals surface area (Å²) in [6, 6.07) is 7.37. The molecule has 0 radical (unpaired) electrons. The van der Waals surface area contributed by atoms with E-state index in [9.17, 15) is 0 Å². The van der Waals surface area contributed by atoms with Gasteiger partial charge < -0.3 is 5.32 Å². The summed E-state index contributed by atoms with van der Waals surface area (Å²) in [4.78, 5) is 0. The summed E-state index contributed by atoms with van der Waals surface area (Å²) in [5.74, 6) is 0. The lowest BCUT2D eigenvalue weighted by atomic mass is 9.84. The zero-order valence-corrected chi connectivity index (χ0v) is 12.9. The molecule has 1 nitrogen and oxygen atoms in total. The Bertz CT molecular complexity index is 353. The molecule has 0 aliphatic carbocycles. The Labute approximate surface area is 113 Å². The smallest absolute Gasteiger partial charge is 0.0325 e. The van der Waals surface area contributed by atoms with Crippen molar-refractivity contribution in [3.8, 4) is 0 Å². The maximum absolute atomic E-state index is 3.70. The third kappa shape index (κ3) is 5.22. The Morgan fingerprint density at radius 3 is 2.06 bits per heavy atom. The van der Waals surface area contributed by atoms with Crippen LogP contribution in [0.25, 0.3) is 0 Å². The van der Waals surface area contributed by atoms with Gasteiger partial charge in [-0.3, -0.25) is 0 Å². The van der Waals surface area contributed by atoms with Crippen LogP contribution in [0.2, 0.25) is 0 Å². The molecule has 18 heavy (non-hydrogen) atoms. The van der Waals surface area contributed by atoms with E-state index >= 15 is 0 Å². The van der Waals surface area contributed by atoms with E-state index in [1.807, 2.05) is 0 Å². The van der Waals surface area contributed by atoms with Crippen molar-refractivity contribution in [3.63, 3.8) is 0 Å². The molecule has 1 aromatic rings. The summed E-state index contributed by atoms with van der Waals surface area (Å²) in [6.45, 7) is 14.6. The number of hydrogen-bond donors (Lipinski definition) is 1. The van der Waals surface area contributed by atoms with E-state index in [0.717, 1.165) is 6.54 Å². The first-order chi connectivity index (χ1) is 8.31. The molecule has 0 fully saturated rings. The van der Waals surface area contributed by atoms with Gasteiger partial charge in [0.15, 0.2) is 0 Å². The molecule has 1 aromatic carbocycles. The van der Waals surface area contributed by atoms with Crippen LogP contribution < -0.4 is 5.32 Å². The van der Waals surface area contributed by atoms with Crippen LogP contribution in [0.3, 0.4) is 0 Å². The van der Waals surface area contributed by atoms with Crippen LogP contribution in [-0.4, -0.2) is 6.54 Å². The highest BCUT2D eigenvalue weighted by Gasteiger charge is 2.19. The van der Waals surface area contributed by atoms with Crippen LogP contribution in [0, 0.1) is 19.3 Å². The third-order valence-electron chi connectivity index (χ3n) is 3.10. The molecule has 0 saturated carbocycles. The first kappa shape index (κ1) is 15.2. The summed E-state index contributed by atoms with van der Waals surface area (Å²) in [5.41, 5.74) is 4.52. The molecule has 1 rings (SSSR count). The topological polar surface area (TPSA) is 12.0 Å². The first-order valence-corrected chi connectivity index (χ1v) is 7.13. The molecule has 1 unspecified atom stereocenters. The van der Waals surface area contributed by atoms with E-state index in [2.05, 4.69) is 65.1 Å². The first-order valence-electron chi connectivity index (χ1n) is 7.13. The Morgan fingerprint density at radius 1 is 1.06 bits per heavy atom. The normalized spacial score (nSPS) is 13.7. The van der Waals surface area contributed by atoms with E-state index in [-0.39, 0.29) is 0 Å². The minimum Gasteiger partial charge on any atom is -0.310 e. The molecule has 0 aliphatic heterocycles. The molecule has 0 amide bonds. The van der Waals surface area contributed by atoms with Gasteiger partial charge in [0.05, 0.1) is 0 Å². The molecular formula is C17H29N. The van der Waals surface area contributed by atoms with Crippen LogP contribution in [-0.2, 0) is 0 Å². The highest BCUT2D eigenvalue weighted by Crippen LogP contribution is 2.30. The van der Waals surface area contributed by atoms with Crippen molar-refractivity contribution in [2.75, 3.05) is 6.54 Å². The molecule has 0 heterocycles. The summed E-state index contributed by atoms with van der Waals surface area (Å²) in [7, 11) is 0. The largest absolute Gasteiger partial charge is 0.310 e. The number of nitrogens with one attached hydrogen (secondary N) is 1. The van der Waals surface area contributed by atoms with Gasteiger partial charge in [0.1, 0.15) is 0 Å². The van der Waals surface area contributed by atoms with Gasteiger partial charge >= 0.3 is 0 Å². The number of benzene rings is 1. The van der Waals surface area contributed by atoms with Gasteiger partial charge in [0.2, 0.25) is 0 Å². The zero-order chi connectivity index (χ0) is 13.8. The van der Waals surface area contributed by atoms with Crippen molar-refractivity contribution in [2.45, 2.75) is 60.4 Å². The molecule has 102 valence electrons. The van der Waals surface area contributed by atoms with Crippen LogP contribution >= 0.6 is 0 Å². The Kier molecular flexibility index (Phi) is 5.40. The molecule has 0 spiro atoms. The third-order valence-corrected chi connectivity index (χ3v) is 3.10. The van der Waals surface area contributed by atoms with Crippen molar-refractivity contribution in [1.82, 2.24) is 5.32 Å². The van der Waals surface area contributed by atoms with Crippen LogP contribution in [0.5, 0.6) is 0 Å². The van der Waals surface area contributed by atoms with Crippen LogP contribution in [0.1, 0.15) is 63.3 Å². The van der Waals surface area contributed by atoms with E-state index in [0.29, 0.717) is 11.5 Å². The van der Waals surface area contributed by atoms with E-state index < -0.39 is 0 Å². The maximum atomic E-state index is 3.70. The summed E-state index contributed by atoms with van der Waals surface area (Å²) in [5, 5.41) is 3.70.